The second kappa shape index (κ2) is 8.44. The number of hydrogen-bond donors (Lipinski definition) is 2. The number of aromatic nitrogens is 6. The van der Waals surface area contributed by atoms with Gasteiger partial charge in [0.25, 0.3) is 0 Å². The maximum absolute atomic E-state index is 11.0. The minimum absolute atomic E-state index is 0.189. The Kier molecular flexibility index (Phi) is 5.97. The summed E-state index contributed by atoms with van der Waals surface area (Å²) >= 11 is 1.52. The second-order valence-corrected chi connectivity index (χ2v) is 10.2. The predicted molar refractivity (Wildman–Crippen MR) is 133 cm³/mol. The van der Waals surface area contributed by atoms with Gasteiger partial charge in [-0.1, -0.05) is 13.0 Å². The molecule has 3 aromatic heterocycles. The summed E-state index contributed by atoms with van der Waals surface area (Å²) in [6.07, 6.45) is 4.37. The molecule has 3 aromatic rings. The third-order valence-electron chi connectivity index (χ3n) is 6.21. The van der Waals surface area contributed by atoms with Crippen LogP contribution in [0.1, 0.15) is 24.4 Å². The van der Waals surface area contributed by atoms with Crippen molar-refractivity contribution in [3.63, 3.8) is 0 Å². The highest BCUT2D eigenvalue weighted by atomic mass is 32.2. The maximum atomic E-state index is 11.0. The Bertz CT molecular complexity index is 1100. The van der Waals surface area contributed by atoms with Crippen molar-refractivity contribution in [2.75, 3.05) is 11.8 Å². The van der Waals surface area contributed by atoms with Crippen molar-refractivity contribution in [2.24, 2.45) is 0 Å². The van der Waals surface area contributed by atoms with Crippen LogP contribution in [0.2, 0.25) is 5.21 Å². The molecule has 0 aromatic carbocycles. The van der Waals surface area contributed by atoms with E-state index >= 15 is 0 Å². The normalized spacial score (nSPS) is 22.3. The van der Waals surface area contributed by atoms with Crippen LogP contribution in [0.25, 0.3) is 11.5 Å². The first-order valence-electron chi connectivity index (χ1n) is 10.5. The number of pyridine rings is 1. The zero-order valence-corrected chi connectivity index (χ0v) is 20.0. The van der Waals surface area contributed by atoms with Crippen LogP contribution < -0.4 is 9.46 Å². The molecule has 13 heteroatoms. The van der Waals surface area contributed by atoms with Crippen LogP contribution in [0, 0.1) is 6.92 Å². The van der Waals surface area contributed by atoms with Gasteiger partial charge < -0.3 is 9.84 Å². The van der Waals surface area contributed by atoms with E-state index in [1.54, 1.807) is 13.2 Å². The topological polar surface area (TPSA) is 111 Å². The van der Waals surface area contributed by atoms with Crippen LogP contribution >= 0.6 is 11.9 Å². The number of nitrogens with one attached hydrogen (secondary N) is 1. The number of ether oxygens (including phenoxy) is 1. The summed E-state index contributed by atoms with van der Waals surface area (Å²) in [4.78, 5) is 13.3. The van der Waals surface area contributed by atoms with E-state index in [-0.39, 0.29) is 16.5 Å². The highest BCUT2D eigenvalue weighted by Gasteiger charge is 2.68. The summed E-state index contributed by atoms with van der Waals surface area (Å²) in [7, 11) is 7.49. The van der Waals surface area contributed by atoms with Gasteiger partial charge in [-0.05, 0) is 35.7 Å². The fourth-order valence-corrected chi connectivity index (χ4v) is 4.59. The van der Waals surface area contributed by atoms with Crippen molar-refractivity contribution in [2.45, 2.75) is 42.3 Å². The van der Waals surface area contributed by atoms with Gasteiger partial charge in [0, 0.05) is 35.6 Å². The average molecular weight is 449 g/mol. The SMILES string of the molecule is BC1(B)C(n2c(NSC(C)Cc3ncc(C)cn3)nnc2-c2cccc(OC)n2)C1(B)O. The molecule has 9 nitrogen and oxygen atoms in total. The molecule has 3 unspecified atom stereocenters. The molecule has 1 fully saturated rings. The lowest BCUT2D eigenvalue weighted by molar-refractivity contribution is 0.215. The molecule has 0 saturated heterocycles. The van der Waals surface area contributed by atoms with Crippen LogP contribution in [0.4, 0.5) is 5.95 Å². The lowest BCUT2D eigenvalue weighted by Gasteiger charge is -2.15. The summed E-state index contributed by atoms with van der Waals surface area (Å²) in [5.41, 5.74) is 0.776. The Morgan fingerprint density at radius 3 is 2.56 bits per heavy atom. The van der Waals surface area contributed by atoms with Gasteiger partial charge in [-0.25, -0.2) is 15.0 Å². The largest absolute Gasteiger partial charge is 0.481 e. The quantitative estimate of drug-likeness (QED) is 0.344. The van der Waals surface area contributed by atoms with Gasteiger partial charge in [0.1, 0.15) is 35.1 Å². The zero-order chi connectivity index (χ0) is 23.1. The lowest BCUT2D eigenvalue weighted by Crippen LogP contribution is -2.17. The maximum Gasteiger partial charge on any atom is 0.235 e. The van der Waals surface area contributed by atoms with Crippen LogP contribution in [0.3, 0.4) is 0 Å². The number of aliphatic hydroxyl groups is 1. The highest BCUT2D eigenvalue weighted by Crippen LogP contribution is 2.66. The van der Waals surface area contributed by atoms with Crippen LogP contribution in [0.5, 0.6) is 5.88 Å². The van der Waals surface area contributed by atoms with E-state index < -0.39 is 5.50 Å². The smallest absolute Gasteiger partial charge is 0.235 e. The number of anilines is 1. The van der Waals surface area contributed by atoms with Gasteiger partial charge in [-0.2, -0.15) is 0 Å². The lowest BCUT2D eigenvalue weighted by atomic mass is 9.60. The Hall–Kier alpha value is -2.53. The number of rotatable bonds is 8. The molecule has 164 valence electrons. The minimum Gasteiger partial charge on any atom is -0.481 e. The van der Waals surface area contributed by atoms with Crippen molar-refractivity contribution in [1.82, 2.24) is 29.7 Å². The highest BCUT2D eigenvalue weighted by molar-refractivity contribution is 8.01. The van der Waals surface area contributed by atoms with Gasteiger partial charge in [0.05, 0.1) is 13.2 Å². The van der Waals surface area contributed by atoms with E-state index in [9.17, 15) is 5.11 Å². The first kappa shape index (κ1) is 22.7. The average Bonchev–Trinajstić information content (AvgIpc) is 3.03. The first-order chi connectivity index (χ1) is 15.1. The summed E-state index contributed by atoms with van der Waals surface area (Å²) in [5, 5.41) is 19.7. The van der Waals surface area contributed by atoms with Crippen molar-refractivity contribution in [3.05, 3.63) is 42.0 Å². The van der Waals surface area contributed by atoms with E-state index in [1.165, 1.54) is 11.9 Å². The summed E-state index contributed by atoms with van der Waals surface area (Å²) in [6, 6.07) is 5.31. The van der Waals surface area contributed by atoms with Gasteiger partial charge in [-0.15, -0.1) is 10.2 Å². The molecule has 1 aliphatic carbocycles. The Morgan fingerprint density at radius 1 is 1.25 bits per heavy atom. The monoisotopic (exact) mass is 449 g/mol. The molecule has 0 bridgehead atoms. The van der Waals surface area contributed by atoms with E-state index in [4.69, 9.17) is 4.74 Å². The van der Waals surface area contributed by atoms with E-state index in [1.807, 2.05) is 59.6 Å². The summed E-state index contributed by atoms with van der Waals surface area (Å²) < 4.78 is 10.6. The van der Waals surface area contributed by atoms with Gasteiger partial charge in [0.2, 0.25) is 11.8 Å². The van der Waals surface area contributed by atoms with Crippen molar-refractivity contribution >= 4 is 41.4 Å². The number of methoxy groups -OCH3 is 1. The van der Waals surface area contributed by atoms with Crippen LogP contribution in [-0.2, 0) is 6.42 Å². The molecule has 1 saturated carbocycles. The first-order valence-corrected chi connectivity index (χ1v) is 11.4. The molecule has 1 aliphatic rings. The Morgan fingerprint density at radius 2 is 1.94 bits per heavy atom. The Balaban J connectivity index is 1.59. The van der Waals surface area contributed by atoms with E-state index in [0.717, 1.165) is 11.4 Å². The Labute approximate surface area is 194 Å². The molecular weight excluding hydrogens is 423 g/mol. The molecule has 3 heterocycles. The summed E-state index contributed by atoms with van der Waals surface area (Å²) in [6.45, 7) is 4.07. The number of aryl methyl sites for hydroxylation is 1. The van der Waals surface area contributed by atoms with E-state index in [0.29, 0.717) is 29.8 Å². The van der Waals surface area contributed by atoms with Crippen LogP contribution in [0.15, 0.2) is 30.6 Å². The van der Waals surface area contributed by atoms with Gasteiger partial charge in [-0.3, -0.25) is 9.29 Å². The molecular formula is C19H26B3N7O2S. The van der Waals surface area contributed by atoms with Crippen molar-refractivity contribution < 1.29 is 9.84 Å². The minimum atomic E-state index is -0.897. The molecule has 0 aliphatic heterocycles. The third kappa shape index (κ3) is 4.11. The standard InChI is InChI=1S/C19H26B3N7O2S/c1-10-8-23-13(24-9-10)7-11(2)32-28-17-27-26-15(12-5-4-6-14(25-12)31-3)29(17)16-18(20,21)19(16,22)30/h4-6,8-9,11,16,30H,7,20-22H2,1-3H3,(H,27,28). The predicted octanol–water partition coefficient (Wildman–Crippen LogP) is -0.603. The molecule has 2 N–H and O–H groups in total. The van der Waals surface area contributed by atoms with E-state index in [2.05, 4.69) is 36.8 Å². The van der Waals surface area contributed by atoms with Gasteiger partial charge in [0.15, 0.2) is 5.82 Å². The fraction of sp³-hybridized carbons (Fsp3) is 0.421. The second-order valence-electron chi connectivity index (χ2n) is 8.97. The molecule has 0 radical (unpaired) electrons. The molecule has 0 amide bonds. The summed E-state index contributed by atoms with van der Waals surface area (Å²) in [5.74, 6) is 2.44. The molecule has 3 atom stereocenters. The van der Waals surface area contributed by atoms with Gasteiger partial charge >= 0.3 is 0 Å². The third-order valence-corrected chi connectivity index (χ3v) is 7.08. The fourth-order valence-electron chi connectivity index (χ4n) is 3.91. The number of hydrogen-bond acceptors (Lipinski definition) is 9. The van der Waals surface area contributed by atoms with Crippen molar-refractivity contribution in [3.8, 4) is 17.4 Å². The van der Waals surface area contributed by atoms with Crippen LogP contribution in [-0.4, -0.2) is 76.2 Å². The molecule has 32 heavy (non-hydrogen) atoms. The van der Waals surface area contributed by atoms with Crippen molar-refractivity contribution in [1.29, 1.82) is 0 Å². The molecule has 0 spiro atoms. The number of nitrogens with zero attached hydrogens (tertiary/aromatic N) is 6. The molecule has 4 rings (SSSR count). The zero-order valence-electron chi connectivity index (χ0n) is 19.2.